The Balaban J connectivity index is 1.18. The van der Waals surface area contributed by atoms with Crippen molar-refractivity contribution in [1.82, 2.24) is 0 Å². The summed E-state index contributed by atoms with van der Waals surface area (Å²) in [4.78, 5) is 2.45. The first-order valence-electron chi connectivity index (χ1n) is 17.3. The number of nitrogens with zero attached hydrogens (tertiary/aromatic N) is 1. The molecule has 1 nitrogen and oxygen atoms in total. The van der Waals surface area contributed by atoms with E-state index in [0.717, 1.165) is 17.1 Å². The Kier molecular flexibility index (Phi) is 6.36. The maximum Gasteiger partial charge on any atom is 0.0476 e. The van der Waals surface area contributed by atoms with Gasteiger partial charge in [-0.3, -0.25) is 0 Å². The highest BCUT2D eigenvalue weighted by Crippen LogP contribution is 2.50. The summed E-state index contributed by atoms with van der Waals surface area (Å²) in [7, 11) is 0. The van der Waals surface area contributed by atoms with Gasteiger partial charge < -0.3 is 4.90 Å². The molecule has 1 aliphatic rings. The van der Waals surface area contributed by atoms with Crippen molar-refractivity contribution in [2.45, 2.75) is 0 Å². The predicted octanol–water partition coefficient (Wildman–Crippen LogP) is 14.9. The average Bonchev–Trinajstić information content (AvgIpc) is 3.75. The van der Waals surface area contributed by atoms with E-state index in [1.807, 2.05) is 22.7 Å². The molecule has 0 saturated carbocycles. The van der Waals surface area contributed by atoms with Gasteiger partial charge in [0.25, 0.3) is 0 Å². The molecule has 2 heterocycles. The van der Waals surface area contributed by atoms with Crippen LogP contribution >= 0.6 is 22.7 Å². The number of benzene rings is 8. The van der Waals surface area contributed by atoms with Crippen LogP contribution in [0, 0.1) is 0 Å². The molecule has 2 aromatic heterocycles. The maximum absolute atomic E-state index is 2.45. The number of anilines is 3. The third kappa shape index (κ3) is 4.45. The van der Waals surface area contributed by atoms with Crippen LogP contribution in [0.1, 0.15) is 0 Å². The maximum atomic E-state index is 2.45. The van der Waals surface area contributed by atoms with Gasteiger partial charge in [-0.15, -0.1) is 22.7 Å². The lowest BCUT2D eigenvalue weighted by Crippen LogP contribution is -2.10. The van der Waals surface area contributed by atoms with Crippen LogP contribution < -0.4 is 4.90 Å². The molecule has 238 valence electrons. The molecule has 0 N–H and O–H groups in total. The molecule has 0 saturated heterocycles. The first kappa shape index (κ1) is 28.8. The standard InChI is InChI=1S/C48H29NS2/c1-2-12-34-33(11-1)35-13-3-4-15-37(35)39-24-21-30(27-44(39)38-16-6-5-14-36(34)38)49(31-22-25-42-40-17-7-9-19-45(40)50-47(42)28-31)32-23-26-43-41-18-8-10-20-46(41)51-48(43)29-32/h1-29H. The fourth-order valence-electron chi connectivity index (χ4n) is 8.14. The minimum atomic E-state index is 1.14. The van der Waals surface area contributed by atoms with Gasteiger partial charge in [-0.1, -0.05) is 127 Å². The number of hydrogen-bond acceptors (Lipinski definition) is 3. The van der Waals surface area contributed by atoms with Crippen molar-refractivity contribution < 1.29 is 0 Å². The van der Waals surface area contributed by atoms with Gasteiger partial charge in [0.05, 0.1) is 0 Å². The monoisotopic (exact) mass is 683 g/mol. The van der Waals surface area contributed by atoms with E-state index >= 15 is 0 Å². The van der Waals surface area contributed by atoms with Crippen LogP contribution in [0.2, 0.25) is 0 Å². The third-order valence-electron chi connectivity index (χ3n) is 10.4. The van der Waals surface area contributed by atoms with E-state index in [1.165, 1.54) is 84.9 Å². The Morgan fingerprint density at radius 3 is 1.06 bits per heavy atom. The van der Waals surface area contributed by atoms with Gasteiger partial charge in [0.15, 0.2) is 0 Å². The van der Waals surface area contributed by atoms with Gasteiger partial charge in [-0.25, -0.2) is 0 Å². The highest BCUT2D eigenvalue weighted by atomic mass is 32.1. The summed E-state index contributed by atoms with van der Waals surface area (Å²) >= 11 is 3.74. The van der Waals surface area contributed by atoms with Crippen LogP contribution in [-0.2, 0) is 0 Å². The van der Waals surface area contributed by atoms with Crippen LogP contribution in [0.25, 0.3) is 84.9 Å². The minimum absolute atomic E-state index is 1.14. The molecule has 0 aliphatic heterocycles. The summed E-state index contributed by atoms with van der Waals surface area (Å²) in [6.07, 6.45) is 0. The van der Waals surface area contributed by atoms with Crippen molar-refractivity contribution >= 4 is 80.1 Å². The van der Waals surface area contributed by atoms with Crippen molar-refractivity contribution in [2.24, 2.45) is 0 Å². The molecule has 11 rings (SSSR count). The molecule has 3 heteroatoms. The molecule has 0 spiro atoms. The van der Waals surface area contributed by atoms with Gasteiger partial charge in [-0.2, -0.15) is 0 Å². The highest BCUT2D eigenvalue weighted by Gasteiger charge is 2.24. The summed E-state index contributed by atoms with van der Waals surface area (Å²) in [6, 6.07) is 65.2. The SMILES string of the molecule is c1ccc2c(c1)-c1ccccc1-c1ccc(N(c3ccc4c(c3)sc3ccccc34)c3ccc4c(c3)sc3ccccc34)cc1-c1ccccc1-2. The van der Waals surface area contributed by atoms with E-state index in [1.54, 1.807) is 0 Å². The lowest BCUT2D eigenvalue weighted by atomic mass is 9.81. The molecule has 0 bridgehead atoms. The average molecular weight is 684 g/mol. The smallest absolute Gasteiger partial charge is 0.0476 e. The largest absolute Gasteiger partial charge is 0.310 e. The Morgan fingerprint density at radius 2 is 0.588 bits per heavy atom. The quantitative estimate of drug-likeness (QED) is 0.179. The molecule has 8 aromatic carbocycles. The summed E-state index contributed by atoms with van der Waals surface area (Å²) < 4.78 is 5.23. The van der Waals surface area contributed by atoms with E-state index in [2.05, 4.69) is 181 Å². The number of thiophene rings is 2. The molecule has 0 amide bonds. The van der Waals surface area contributed by atoms with Gasteiger partial charge in [0.2, 0.25) is 0 Å². The Labute approximate surface area is 303 Å². The summed E-state index contributed by atoms with van der Waals surface area (Å²) in [5.74, 6) is 0. The number of fused-ring (bicyclic) bond motifs is 14. The molecule has 51 heavy (non-hydrogen) atoms. The van der Waals surface area contributed by atoms with Crippen LogP contribution in [-0.4, -0.2) is 0 Å². The first-order chi connectivity index (χ1) is 25.3. The Hall–Kier alpha value is -6.00. The fraction of sp³-hybridized carbons (Fsp3) is 0. The molecule has 0 fully saturated rings. The molecule has 1 aliphatic carbocycles. The van der Waals surface area contributed by atoms with Crippen LogP contribution in [0.5, 0.6) is 0 Å². The van der Waals surface area contributed by atoms with E-state index in [-0.39, 0.29) is 0 Å². The minimum Gasteiger partial charge on any atom is -0.310 e. The lowest BCUT2D eigenvalue weighted by molar-refractivity contribution is 1.30. The van der Waals surface area contributed by atoms with Crippen LogP contribution in [0.15, 0.2) is 176 Å². The topological polar surface area (TPSA) is 3.24 Å². The summed E-state index contributed by atoms with van der Waals surface area (Å²) in [6.45, 7) is 0. The fourth-order valence-corrected chi connectivity index (χ4v) is 10.4. The van der Waals surface area contributed by atoms with Crippen LogP contribution in [0.3, 0.4) is 0 Å². The number of hydrogen-bond donors (Lipinski definition) is 0. The third-order valence-corrected chi connectivity index (χ3v) is 12.7. The van der Waals surface area contributed by atoms with Gasteiger partial charge in [0, 0.05) is 57.4 Å². The van der Waals surface area contributed by atoms with E-state index in [9.17, 15) is 0 Å². The van der Waals surface area contributed by atoms with Crippen molar-refractivity contribution in [3.8, 4) is 44.5 Å². The second kappa shape index (κ2) is 11.3. The van der Waals surface area contributed by atoms with Gasteiger partial charge in [0.1, 0.15) is 0 Å². The molecule has 0 atom stereocenters. The zero-order valence-corrected chi connectivity index (χ0v) is 29.1. The van der Waals surface area contributed by atoms with Gasteiger partial charge >= 0.3 is 0 Å². The predicted molar refractivity (Wildman–Crippen MR) is 222 cm³/mol. The second-order valence-electron chi connectivity index (χ2n) is 13.3. The molecular formula is C48H29NS2. The van der Waals surface area contributed by atoms with Gasteiger partial charge in [-0.05, 0) is 93.0 Å². The zero-order valence-electron chi connectivity index (χ0n) is 27.5. The number of rotatable bonds is 3. The lowest BCUT2D eigenvalue weighted by Gasteiger charge is -2.28. The zero-order chi connectivity index (χ0) is 33.5. The van der Waals surface area contributed by atoms with E-state index in [4.69, 9.17) is 0 Å². The molecule has 0 unspecified atom stereocenters. The highest BCUT2D eigenvalue weighted by molar-refractivity contribution is 7.26. The van der Waals surface area contributed by atoms with Crippen LogP contribution in [0.4, 0.5) is 17.1 Å². The van der Waals surface area contributed by atoms with Crippen molar-refractivity contribution in [1.29, 1.82) is 0 Å². The van der Waals surface area contributed by atoms with Crippen molar-refractivity contribution in [2.75, 3.05) is 4.90 Å². The molecule has 0 radical (unpaired) electrons. The van der Waals surface area contributed by atoms with E-state index < -0.39 is 0 Å². The second-order valence-corrected chi connectivity index (χ2v) is 15.4. The first-order valence-corrected chi connectivity index (χ1v) is 19.0. The van der Waals surface area contributed by atoms with Crippen molar-refractivity contribution in [3.63, 3.8) is 0 Å². The Morgan fingerprint density at radius 1 is 0.255 bits per heavy atom. The van der Waals surface area contributed by atoms with E-state index in [0.29, 0.717) is 0 Å². The molecule has 10 aromatic rings. The van der Waals surface area contributed by atoms with Crippen molar-refractivity contribution in [3.05, 3.63) is 176 Å². The normalized spacial score (nSPS) is 11.9. The molecular weight excluding hydrogens is 655 g/mol. The Bertz CT molecular complexity index is 2880. The summed E-state index contributed by atoms with van der Waals surface area (Å²) in [5, 5.41) is 5.25. The summed E-state index contributed by atoms with van der Waals surface area (Å²) in [5.41, 5.74) is 13.5.